The first-order valence-electron chi connectivity index (χ1n) is 8.40. The number of hydrogen-bond donors (Lipinski definition) is 1. The fourth-order valence-corrected chi connectivity index (χ4v) is 3.98. The molecule has 1 atom stereocenters. The normalized spacial score (nSPS) is 20.5. The second-order valence-electron chi connectivity index (χ2n) is 6.13. The Kier molecular flexibility index (Phi) is 5.04. The van der Waals surface area contributed by atoms with Crippen LogP contribution in [0.3, 0.4) is 0 Å². The first-order valence-corrected chi connectivity index (χ1v) is 9.35. The predicted octanol–water partition coefficient (Wildman–Crippen LogP) is 3.29. The molecule has 1 aromatic rings. The molecule has 0 radical (unpaired) electrons. The van der Waals surface area contributed by atoms with E-state index < -0.39 is 0 Å². The molecule has 0 spiro atoms. The van der Waals surface area contributed by atoms with Crippen molar-refractivity contribution in [3.63, 3.8) is 0 Å². The van der Waals surface area contributed by atoms with Crippen LogP contribution in [0.4, 0.5) is 4.79 Å². The number of urea groups is 1. The van der Waals surface area contributed by atoms with Gasteiger partial charge in [-0.1, -0.05) is 25.8 Å². The smallest absolute Gasteiger partial charge is 0.322 e. The second-order valence-corrected chi connectivity index (χ2v) is 6.91. The predicted molar refractivity (Wildman–Crippen MR) is 95.6 cm³/mol. The molecule has 0 aliphatic carbocycles. The second kappa shape index (κ2) is 7.21. The van der Waals surface area contributed by atoms with Gasteiger partial charge in [-0.25, -0.2) is 4.79 Å². The molecule has 3 rings (SSSR count). The van der Waals surface area contributed by atoms with E-state index in [-0.39, 0.29) is 18.0 Å². The number of amides is 3. The highest BCUT2D eigenvalue weighted by Crippen LogP contribution is 2.36. The number of hydrogen-bond acceptors (Lipinski definition) is 3. The maximum atomic E-state index is 13.0. The quantitative estimate of drug-likeness (QED) is 0.609. The van der Waals surface area contributed by atoms with Crippen LogP contribution in [-0.2, 0) is 4.79 Å². The molecule has 3 amide bonds. The van der Waals surface area contributed by atoms with E-state index in [2.05, 4.69) is 18.8 Å². The first-order chi connectivity index (χ1) is 11.7. The minimum atomic E-state index is -0.344. The molecule has 1 aromatic heterocycles. The fraction of sp³-hybridized carbons (Fsp3) is 0.444. The molecule has 0 saturated heterocycles. The molecule has 0 fully saturated rings. The van der Waals surface area contributed by atoms with E-state index in [1.165, 1.54) is 0 Å². The van der Waals surface area contributed by atoms with Crippen molar-refractivity contribution in [3.8, 4) is 0 Å². The van der Waals surface area contributed by atoms with Crippen LogP contribution in [0.2, 0.25) is 0 Å². The molecule has 1 N–H and O–H groups in total. The van der Waals surface area contributed by atoms with Crippen LogP contribution in [0.25, 0.3) is 0 Å². The Morgan fingerprint density at radius 2 is 2.25 bits per heavy atom. The minimum Gasteiger partial charge on any atom is -0.333 e. The summed E-state index contributed by atoms with van der Waals surface area (Å²) in [6.45, 7) is 7.55. The molecule has 6 heteroatoms. The molecular weight excluding hydrogens is 322 g/mol. The van der Waals surface area contributed by atoms with Crippen molar-refractivity contribution >= 4 is 23.3 Å². The Hall–Kier alpha value is -2.08. The first kappa shape index (κ1) is 16.8. The fourth-order valence-electron chi connectivity index (χ4n) is 3.29. The molecule has 0 aromatic carbocycles. The van der Waals surface area contributed by atoms with Gasteiger partial charge in [0, 0.05) is 13.1 Å². The van der Waals surface area contributed by atoms with Crippen LogP contribution >= 0.6 is 11.3 Å². The van der Waals surface area contributed by atoms with Crippen LogP contribution in [0, 0.1) is 0 Å². The highest BCUT2D eigenvalue weighted by atomic mass is 32.1. The van der Waals surface area contributed by atoms with Crippen LogP contribution in [-0.4, -0.2) is 41.4 Å². The van der Waals surface area contributed by atoms with E-state index in [0.717, 1.165) is 37.1 Å². The van der Waals surface area contributed by atoms with E-state index in [4.69, 9.17) is 0 Å². The summed E-state index contributed by atoms with van der Waals surface area (Å²) in [5, 5.41) is 6.94. The van der Waals surface area contributed by atoms with Gasteiger partial charge in [0.15, 0.2) is 0 Å². The number of carbonyl (C=O) groups excluding carboxylic acids is 2. The summed E-state index contributed by atoms with van der Waals surface area (Å²) in [5.74, 6) is 0.0476. The number of thiophene rings is 1. The molecule has 5 nitrogen and oxygen atoms in total. The monoisotopic (exact) mass is 345 g/mol. The van der Waals surface area contributed by atoms with Crippen molar-refractivity contribution in [1.82, 2.24) is 15.1 Å². The molecule has 24 heavy (non-hydrogen) atoms. The topological polar surface area (TPSA) is 52.7 Å². The molecule has 2 aliphatic rings. The summed E-state index contributed by atoms with van der Waals surface area (Å²) in [7, 11) is 0. The lowest BCUT2D eigenvalue weighted by atomic mass is 9.98. The van der Waals surface area contributed by atoms with Crippen LogP contribution in [0.5, 0.6) is 0 Å². The third-order valence-electron chi connectivity index (χ3n) is 4.52. The van der Waals surface area contributed by atoms with E-state index in [0.29, 0.717) is 18.7 Å². The molecule has 0 bridgehead atoms. The average molecular weight is 345 g/mol. The lowest BCUT2D eigenvalue weighted by molar-refractivity contribution is -0.125. The summed E-state index contributed by atoms with van der Waals surface area (Å²) in [4.78, 5) is 29.0. The van der Waals surface area contributed by atoms with Gasteiger partial charge >= 0.3 is 6.03 Å². The Balaban J connectivity index is 1.91. The molecular formula is C18H23N3O2S. The van der Waals surface area contributed by atoms with Crippen molar-refractivity contribution in [2.75, 3.05) is 19.6 Å². The van der Waals surface area contributed by atoms with Gasteiger partial charge in [-0.15, -0.1) is 6.58 Å². The highest BCUT2D eigenvalue weighted by Gasteiger charge is 2.43. The highest BCUT2D eigenvalue weighted by molar-refractivity contribution is 7.08. The lowest BCUT2D eigenvalue weighted by Gasteiger charge is -2.32. The largest absolute Gasteiger partial charge is 0.333 e. The van der Waals surface area contributed by atoms with E-state index in [1.54, 1.807) is 22.3 Å². The number of rotatable bonds is 7. The molecule has 128 valence electrons. The van der Waals surface area contributed by atoms with Gasteiger partial charge in [0.1, 0.15) is 0 Å². The third kappa shape index (κ3) is 2.98. The molecule has 2 aliphatic heterocycles. The molecule has 0 saturated carbocycles. The molecule has 3 heterocycles. The summed E-state index contributed by atoms with van der Waals surface area (Å²) in [6, 6.07) is 1.47. The maximum absolute atomic E-state index is 13.0. The Labute approximate surface area is 146 Å². The van der Waals surface area contributed by atoms with Crippen molar-refractivity contribution in [3.05, 3.63) is 46.3 Å². The van der Waals surface area contributed by atoms with Crippen LogP contribution in [0.1, 0.15) is 37.8 Å². The van der Waals surface area contributed by atoms with Crippen molar-refractivity contribution in [2.24, 2.45) is 0 Å². The summed E-state index contributed by atoms with van der Waals surface area (Å²) in [5.41, 5.74) is 2.52. The maximum Gasteiger partial charge on any atom is 0.322 e. The van der Waals surface area contributed by atoms with Gasteiger partial charge in [-0.3, -0.25) is 9.69 Å². The van der Waals surface area contributed by atoms with E-state index >= 15 is 0 Å². The van der Waals surface area contributed by atoms with E-state index in [9.17, 15) is 9.59 Å². The van der Waals surface area contributed by atoms with E-state index in [1.807, 2.05) is 21.7 Å². The summed E-state index contributed by atoms with van der Waals surface area (Å²) < 4.78 is 0. The SMILES string of the molecule is C=CCN1C(=O)N[C@@H](c2ccsc2)C2=C1CN(CCCCC)C2=O. The number of nitrogens with zero attached hydrogens (tertiary/aromatic N) is 2. The van der Waals surface area contributed by atoms with Crippen LogP contribution < -0.4 is 5.32 Å². The Morgan fingerprint density at radius 1 is 1.42 bits per heavy atom. The summed E-state index contributed by atoms with van der Waals surface area (Å²) in [6.07, 6.45) is 4.92. The zero-order valence-corrected chi connectivity index (χ0v) is 14.8. The van der Waals surface area contributed by atoms with Crippen LogP contribution in [0.15, 0.2) is 40.8 Å². The Morgan fingerprint density at radius 3 is 2.92 bits per heavy atom. The number of carbonyl (C=O) groups is 2. The average Bonchev–Trinajstić information content (AvgIpc) is 3.20. The summed E-state index contributed by atoms with van der Waals surface area (Å²) >= 11 is 1.57. The van der Waals surface area contributed by atoms with Crippen molar-refractivity contribution < 1.29 is 9.59 Å². The van der Waals surface area contributed by atoms with Crippen molar-refractivity contribution in [1.29, 1.82) is 0 Å². The van der Waals surface area contributed by atoms with Crippen molar-refractivity contribution in [2.45, 2.75) is 32.2 Å². The Bertz CT molecular complexity index is 666. The standard InChI is InChI=1S/C18H23N3O2S/c1-3-5-6-9-20-11-14-15(17(20)22)16(13-7-10-24-12-13)19-18(23)21(14)8-4-2/h4,7,10,12,16H,2-3,5-6,8-9,11H2,1H3,(H,19,23)/t16-/m0/s1. The van der Waals surface area contributed by atoms with Gasteiger partial charge < -0.3 is 10.2 Å². The number of unbranched alkanes of at least 4 members (excludes halogenated alkanes) is 2. The van der Waals surface area contributed by atoms with Gasteiger partial charge in [-0.05, 0) is 28.8 Å². The zero-order valence-electron chi connectivity index (χ0n) is 14.0. The third-order valence-corrected chi connectivity index (χ3v) is 5.22. The lowest BCUT2D eigenvalue weighted by Crippen LogP contribution is -2.47. The van der Waals surface area contributed by atoms with Gasteiger partial charge in [-0.2, -0.15) is 11.3 Å². The van der Waals surface area contributed by atoms with Gasteiger partial charge in [0.2, 0.25) is 0 Å². The van der Waals surface area contributed by atoms with Gasteiger partial charge in [0.25, 0.3) is 5.91 Å². The zero-order chi connectivity index (χ0) is 17.1. The minimum absolute atomic E-state index is 0.0476. The van der Waals surface area contributed by atoms with Gasteiger partial charge in [0.05, 0.1) is 23.9 Å². The number of nitrogens with one attached hydrogen (secondary N) is 1. The molecule has 0 unspecified atom stereocenters.